The normalized spacial score (nSPS) is 18.8. The first-order chi connectivity index (χ1) is 9.15. The van der Waals surface area contributed by atoms with E-state index < -0.39 is 6.10 Å². The lowest BCUT2D eigenvalue weighted by Crippen LogP contribution is -2.25. The number of para-hydroxylation sites is 1. The van der Waals surface area contributed by atoms with Gasteiger partial charge in [0, 0.05) is 15.2 Å². The highest BCUT2D eigenvalue weighted by atomic mass is 79.9. The predicted molar refractivity (Wildman–Crippen MR) is 81.7 cm³/mol. The van der Waals surface area contributed by atoms with Crippen LogP contribution in [0.15, 0.2) is 46.9 Å². The van der Waals surface area contributed by atoms with Crippen molar-refractivity contribution in [1.82, 2.24) is 0 Å². The molecule has 0 amide bonds. The van der Waals surface area contributed by atoms with Crippen LogP contribution in [0.4, 0.5) is 5.69 Å². The molecular formula is C15H13BrClNO. The van der Waals surface area contributed by atoms with Gasteiger partial charge in [-0.25, -0.2) is 0 Å². The maximum atomic E-state index is 10.5. The summed E-state index contributed by atoms with van der Waals surface area (Å²) < 4.78 is 0.838. The molecule has 0 radical (unpaired) electrons. The average Bonchev–Trinajstić information content (AvgIpc) is 2.81. The van der Waals surface area contributed by atoms with Crippen molar-refractivity contribution in [2.45, 2.75) is 18.6 Å². The molecule has 19 heavy (non-hydrogen) atoms. The highest BCUT2D eigenvalue weighted by molar-refractivity contribution is 9.10. The van der Waals surface area contributed by atoms with Crippen molar-refractivity contribution >= 4 is 33.2 Å². The second-order valence-electron chi connectivity index (χ2n) is 4.72. The molecule has 4 heteroatoms. The Morgan fingerprint density at radius 3 is 2.79 bits per heavy atom. The Morgan fingerprint density at radius 2 is 2.05 bits per heavy atom. The van der Waals surface area contributed by atoms with Crippen molar-refractivity contribution in [2.75, 3.05) is 5.32 Å². The summed E-state index contributed by atoms with van der Waals surface area (Å²) in [5.41, 5.74) is 3.21. The third-order valence-corrected chi connectivity index (χ3v) is 4.38. The van der Waals surface area contributed by atoms with E-state index in [1.807, 2.05) is 30.3 Å². The van der Waals surface area contributed by atoms with E-state index in [1.54, 1.807) is 6.07 Å². The SMILES string of the molecule is OC(c1ccc(Cl)cc1Br)C1Cc2ccccc2N1. The van der Waals surface area contributed by atoms with Gasteiger partial charge in [0.1, 0.15) is 6.10 Å². The Hall–Kier alpha value is -1.03. The third-order valence-electron chi connectivity index (χ3n) is 3.46. The molecular weight excluding hydrogens is 326 g/mol. The van der Waals surface area contributed by atoms with Crippen molar-refractivity contribution in [1.29, 1.82) is 0 Å². The standard InChI is InChI=1S/C15H13BrClNO/c16-12-8-10(17)5-6-11(12)15(19)14-7-9-3-1-2-4-13(9)18-14/h1-6,8,14-15,18-19H,7H2. The molecule has 1 aliphatic rings. The Kier molecular flexibility index (Phi) is 3.52. The van der Waals surface area contributed by atoms with Crippen LogP contribution < -0.4 is 5.32 Å². The van der Waals surface area contributed by atoms with E-state index in [1.165, 1.54) is 5.56 Å². The molecule has 0 bridgehead atoms. The Bertz CT molecular complexity index is 592. The van der Waals surface area contributed by atoms with Gasteiger partial charge in [-0.1, -0.05) is 51.8 Å². The minimum atomic E-state index is -0.570. The van der Waals surface area contributed by atoms with E-state index in [0.717, 1.165) is 22.1 Å². The van der Waals surface area contributed by atoms with Gasteiger partial charge in [0.25, 0.3) is 0 Å². The van der Waals surface area contributed by atoms with Gasteiger partial charge in [-0.2, -0.15) is 0 Å². The van der Waals surface area contributed by atoms with Crippen LogP contribution in [0.5, 0.6) is 0 Å². The average molecular weight is 339 g/mol. The van der Waals surface area contributed by atoms with E-state index in [0.29, 0.717) is 5.02 Å². The lowest BCUT2D eigenvalue weighted by atomic mass is 9.99. The van der Waals surface area contributed by atoms with Gasteiger partial charge in [0.2, 0.25) is 0 Å². The molecule has 0 spiro atoms. The van der Waals surface area contributed by atoms with Crippen LogP contribution in [0.2, 0.25) is 5.02 Å². The molecule has 1 heterocycles. The first-order valence-corrected chi connectivity index (χ1v) is 7.29. The van der Waals surface area contributed by atoms with E-state index in [2.05, 4.69) is 27.3 Å². The van der Waals surface area contributed by atoms with Gasteiger partial charge in [0.15, 0.2) is 0 Å². The zero-order chi connectivity index (χ0) is 13.4. The number of benzene rings is 2. The molecule has 0 fully saturated rings. The molecule has 2 aromatic carbocycles. The molecule has 2 atom stereocenters. The molecule has 2 unspecified atom stereocenters. The van der Waals surface area contributed by atoms with E-state index in [4.69, 9.17) is 11.6 Å². The molecule has 2 nitrogen and oxygen atoms in total. The Labute approximate surface area is 125 Å². The van der Waals surface area contributed by atoms with Crippen LogP contribution in [0.1, 0.15) is 17.2 Å². The van der Waals surface area contributed by atoms with Gasteiger partial charge in [-0.05, 0) is 35.7 Å². The molecule has 0 saturated carbocycles. The first-order valence-electron chi connectivity index (χ1n) is 6.12. The minimum Gasteiger partial charge on any atom is -0.386 e. The fraction of sp³-hybridized carbons (Fsp3) is 0.200. The number of nitrogens with one attached hydrogen (secondary N) is 1. The third kappa shape index (κ3) is 2.50. The summed E-state index contributed by atoms with van der Waals surface area (Å²) in [6.07, 6.45) is 0.255. The van der Waals surface area contributed by atoms with Crippen LogP contribution in [0.3, 0.4) is 0 Å². The molecule has 0 saturated heterocycles. The van der Waals surface area contributed by atoms with Gasteiger partial charge in [-0.15, -0.1) is 0 Å². The maximum absolute atomic E-state index is 10.5. The molecule has 1 aliphatic heterocycles. The summed E-state index contributed by atoms with van der Waals surface area (Å²) in [7, 11) is 0. The van der Waals surface area contributed by atoms with Crippen molar-refractivity contribution in [2.24, 2.45) is 0 Å². The number of rotatable bonds is 2. The van der Waals surface area contributed by atoms with Crippen LogP contribution in [0, 0.1) is 0 Å². The van der Waals surface area contributed by atoms with Crippen molar-refractivity contribution in [3.63, 3.8) is 0 Å². The zero-order valence-electron chi connectivity index (χ0n) is 10.1. The Balaban J connectivity index is 1.85. The first kappa shape index (κ1) is 13.0. The van der Waals surface area contributed by atoms with Gasteiger partial charge >= 0.3 is 0 Å². The molecule has 2 aromatic rings. The fourth-order valence-electron chi connectivity index (χ4n) is 2.48. The topological polar surface area (TPSA) is 32.3 Å². The molecule has 0 aromatic heterocycles. The summed E-state index contributed by atoms with van der Waals surface area (Å²) in [6.45, 7) is 0. The van der Waals surface area contributed by atoms with Crippen LogP contribution in [-0.4, -0.2) is 11.1 Å². The van der Waals surface area contributed by atoms with E-state index in [9.17, 15) is 5.11 Å². The lowest BCUT2D eigenvalue weighted by Gasteiger charge is -2.20. The number of aliphatic hydroxyl groups is 1. The number of halogens is 2. The number of aliphatic hydroxyl groups excluding tert-OH is 1. The molecule has 2 N–H and O–H groups in total. The van der Waals surface area contributed by atoms with E-state index >= 15 is 0 Å². The monoisotopic (exact) mass is 337 g/mol. The highest BCUT2D eigenvalue weighted by Crippen LogP contribution is 2.35. The fourth-order valence-corrected chi connectivity index (χ4v) is 3.39. The molecule has 0 aliphatic carbocycles. The second kappa shape index (κ2) is 5.16. The maximum Gasteiger partial charge on any atom is 0.100 e. The summed E-state index contributed by atoms with van der Waals surface area (Å²) in [5, 5.41) is 14.6. The Morgan fingerprint density at radius 1 is 1.26 bits per heavy atom. The van der Waals surface area contributed by atoms with Gasteiger partial charge in [0.05, 0.1) is 6.04 Å². The zero-order valence-corrected chi connectivity index (χ0v) is 12.4. The highest BCUT2D eigenvalue weighted by Gasteiger charge is 2.28. The summed E-state index contributed by atoms with van der Waals surface area (Å²) >= 11 is 9.38. The minimum absolute atomic E-state index is 0.00474. The molecule has 3 rings (SSSR count). The largest absolute Gasteiger partial charge is 0.386 e. The number of hydrogen-bond acceptors (Lipinski definition) is 2. The van der Waals surface area contributed by atoms with Crippen LogP contribution in [0.25, 0.3) is 0 Å². The van der Waals surface area contributed by atoms with Crippen LogP contribution in [-0.2, 0) is 6.42 Å². The quantitative estimate of drug-likeness (QED) is 0.861. The van der Waals surface area contributed by atoms with Crippen molar-refractivity contribution in [3.8, 4) is 0 Å². The van der Waals surface area contributed by atoms with Gasteiger partial charge in [-0.3, -0.25) is 0 Å². The molecule has 98 valence electrons. The number of anilines is 1. The number of fused-ring (bicyclic) bond motifs is 1. The lowest BCUT2D eigenvalue weighted by molar-refractivity contribution is 0.156. The van der Waals surface area contributed by atoms with Crippen LogP contribution >= 0.6 is 27.5 Å². The van der Waals surface area contributed by atoms with Crippen molar-refractivity contribution in [3.05, 3.63) is 63.1 Å². The van der Waals surface area contributed by atoms with Gasteiger partial charge < -0.3 is 10.4 Å². The smallest absolute Gasteiger partial charge is 0.100 e. The second-order valence-corrected chi connectivity index (χ2v) is 6.01. The summed E-state index contributed by atoms with van der Waals surface area (Å²) in [4.78, 5) is 0. The summed E-state index contributed by atoms with van der Waals surface area (Å²) in [5.74, 6) is 0. The van der Waals surface area contributed by atoms with Crippen molar-refractivity contribution < 1.29 is 5.11 Å². The van der Waals surface area contributed by atoms with E-state index in [-0.39, 0.29) is 6.04 Å². The summed E-state index contributed by atoms with van der Waals surface area (Å²) in [6, 6.07) is 13.6. The number of hydrogen-bond donors (Lipinski definition) is 2. The predicted octanol–water partition coefficient (Wildman–Crippen LogP) is 4.17.